The number of rotatable bonds is 6. The normalized spacial score (nSPS) is 12.0. The lowest BCUT2D eigenvalue weighted by molar-refractivity contribution is 0.157. The van der Waals surface area contributed by atoms with Crippen LogP contribution in [-0.4, -0.2) is 28.9 Å². The summed E-state index contributed by atoms with van der Waals surface area (Å²) in [4.78, 5) is 4.24. The average Bonchev–Trinajstić information content (AvgIpc) is 3.09. The predicted octanol–water partition coefficient (Wildman–Crippen LogP) is 3.44. The van der Waals surface area contributed by atoms with E-state index in [4.69, 9.17) is 9.47 Å². The van der Waals surface area contributed by atoms with Crippen LogP contribution in [0.15, 0.2) is 54.9 Å². The summed E-state index contributed by atoms with van der Waals surface area (Å²) in [6.07, 6.45) is 2.55. The fourth-order valence-electron chi connectivity index (χ4n) is 2.69. The zero-order valence-electron chi connectivity index (χ0n) is 14.0. The summed E-state index contributed by atoms with van der Waals surface area (Å²) >= 11 is 0. The third kappa shape index (κ3) is 3.49. The van der Waals surface area contributed by atoms with Crippen LogP contribution >= 0.6 is 0 Å². The van der Waals surface area contributed by atoms with Gasteiger partial charge in [0, 0.05) is 18.5 Å². The van der Waals surface area contributed by atoms with Gasteiger partial charge in [-0.1, -0.05) is 30.3 Å². The summed E-state index contributed by atoms with van der Waals surface area (Å²) in [6, 6.07) is 12.1. The van der Waals surface area contributed by atoms with E-state index in [1.54, 1.807) is 23.0 Å². The van der Waals surface area contributed by atoms with Crippen LogP contribution in [0.5, 0.6) is 11.5 Å². The summed E-state index contributed by atoms with van der Waals surface area (Å²) in [6.45, 7) is 0.257. The topological polar surface area (TPSA) is 56.5 Å². The monoisotopic (exact) mass is 342 g/mol. The molecule has 6 heteroatoms. The second kappa shape index (κ2) is 7.36. The fraction of sp³-hybridized carbons (Fsp3) is 0.211. The van der Waals surface area contributed by atoms with Crippen LogP contribution in [0.25, 0.3) is 11.4 Å². The molecule has 0 saturated heterocycles. The van der Waals surface area contributed by atoms with Crippen molar-refractivity contribution >= 4 is 0 Å². The van der Waals surface area contributed by atoms with Crippen LogP contribution in [0.3, 0.4) is 0 Å². The maximum Gasteiger partial charge on any atom is 0.163 e. The number of benzene rings is 2. The predicted molar refractivity (Wildman–Crippen MR) is 92.1 cm³/mol. The molecule has 0 spiro atoms. The molecule has 1 heterocycles. The highest BCUT2D eigenvalue weighted by atomic mass is 19.1. The molecular weight excluding hydrogens is 323 g/mol. The van der Waals surface area contributed by atoms with E-state index in [0.717, 1.165) is 5.56 Å². The molecule has 0 saturated carbocycles. The van der Waals surface area contributed by atoms with Gasteiger partial charge in [0.15, 0.2) is 11.5 Å². The highest BCUT2D eigenvalue weighted by molar-refractivity contribution is 5.62. The van der Waals surface area contributed by atoms with Crippen molar-refractivity contribution in [3.63, 3.8) is 0 Å². The van der Waals surface area contributed by atoms with Gasteiger partial charge in [-0.05, 0) is 11.6 Å². The van der Waals surface area contributed by atoms with E-state index >= 15 is 0 Å². The molecule has 5 nitrogen and oxygen atoms in total. The van der Waals surface area contributed by atoms with Gasteiger partial charge in [0.2, 0.25) is 0 Å². The van der Waals surface area contributed by atoms with Crippen LogP contribution in [0.1, 0.15) is 11.7 Å². The minimum absolute atomic E-state index is 0.257. The van der Waals surface area contributed by atoms with Crippen molar-refractivity contribution in [3.8, 4) is 22.9 Å². The second-order valence-electron chi connectivity index (χ2n) is 5.52. The highest BCUT2D eigenvalue weighted by Crippen LogP contribution is 2.34. The minimum atomic E-state index is -0.725. The van der Waals surface area contributed by atoms with Crippen molar-refractivity contribution in [3.05, 3.63) is 66.2 Å². The summed E-state index contributed by atoms with van der Waals surface area (Å²) < 4.78 is 26.6. The third-order valence-corrected chi connectivity index (χ3v) is 3.98. The van der Waals surface area contributed by atoms with E-state index in [2.05, 4.69) is 4.98 Å². The minimum Gasteiger partial charge on any atom is -0.493 e. The van der Waals surface area contributed by atoms with E-state index in [1.165, 1.54) is 20.3 Å². The molecule has 0 aliphatic rings. The van der Waals surface area contributed by atoms with Gasteiger partial charge in [-0.2, -0.15) is 0 Å². The van der Waals surface area contributed by atoms with Gasteiger partial charge in [0.25, 0.3) is 0 Å². The first-order valence-corrected chi connectivity index (χ1v) is 7.80. The molecule has 1 aromatic heterocycles. The molecule has 2 aromatic carbocycles. The van der Waals surface area contributed by atoms with E-state index < -0.39 is 11.9 Å². The molecule has 0 aliphatic heterocycles. The molecule has 1 atom stereocenters. The Morgan fingerprint density at radius 3 is 2.48 bits per heavy atom. The number of halogens is 1. The Balaban J connectivity index is 1.94. The molecule has 1 N–H and O–H groups in total. The van der Waals surface area contributed by atoms with Crippen molar-refractivity contribution in [2.75, 3.05) is 14.2 Å². The Labute approximate surface area is 145 Å². The number of hydrogen-bond donors (Lipinski definition) is 1. The lowest BCUT2D eigenvalue weighted by Gasteiger charge is -2.15. The molecule has 3 rings (SSSR count). The molecule has 0 radical (unpaired) electrons. The molecule has 3 aromatic rings. The van der Waals surface area contributed by atoms with Gasteiger partial charge in [-0.25, -0.2) is 9.37 Å². The van der Waals surface area contributed by atoms with Crippen LogP contribution in [0, 0.1) is 5.82 Å². The largest absolute Gasteiger partial charge is 0.493 e. The standard InChI is InChI=1S/C19H19FN2O3/c1-24-17-10-14(15(20)11-18(17)25-2)19-21-8-9-22(19)12-16(23)13-6-4-3-5-7-13/h3-11,16,23H,12H2,1-2H3. The number of aliphatic hydroxyl groups is 1. The molecular formula is C19H19FN2O3. The van der Waals surface area contributed by atoms with Gasteiger partial charge in [0.1, 0.15) is 11.6 Å². The summed E-state index contributed by atoms with van der Waals surface area (Å²) in [7, 11) is 2.94. The highest BCUT2D eigenvalue weighted by Gasteiger charge is 2.18. The van der Waals surface area contributed by atoms with E-state index in [1.807, 2.05) is 30.3 Å². The van der Waals surface area contributed by atoms with Crippen molar-refractivity contribution in [1.29, 1.82) is 0 Å². The number of methoxy groups -OCH3 is 2. The second-order valence-corrected chi connectivity index (χ2v) is 5.52. The summed E-state index contributed by atoms with van der Waals surface area (Å²) in [5.74, 6) is 0.663. The lowest BCUT2D eigenvalue weighted by Crippen LogP contribution is -2.09. The van der Waals surface area contributed by atoms with Gasteiger partial charge < -0.3 is 19.1 Å². The first-order valence-electron chi connectivity index (χ1n) is 7.80. The zero-order valence-corrected chi connectivity index (χ0v) is 14.0. The molecule has 0 aliphatic carbocycles. The van der Waals surface area contributed by atoms with Gasteiger partial charge in [0.05, 0.1) is 32.4 Å². The van der Waals surface area contributed by atoms with E-state index in [0.29, 0.717) is 17.3 Å². The van der Waals surface area contributed by atoms with E-state index in [9.17, 15) is 9.50 Å². The number of imidazole rings is 1. The van der Waals surface area contributed by atoms with Crippen molar-refractivity contribution in [2.45, 2.75) is 12.6 Å². The Morgan fingerprint density at radius 1 is 1.12 bits per heavy atom. The molecule has 0 amide bonds. The number of hydrogen-bond acceptors (Lipinski definition) is 4. The molecule has 130 valence electrons. The van der Waals surface area contributed by atoms with Crippen LogP contribution in [0.4, 0.5) is 4.39 Å². The first-order chi connectivity index (χ1) is 12.1. The van der Waals surface area contributed by atoms with Crippen LogP contribution in [0.2, 0.25) is 0 Å². The number of nitrogens with zero attached hydrogens (tertiary/aromatic N) is 2. The summed E-state index contributed by atoms with van der Waals surface area (Å²) in [5.41, 5.74) is 1.07. The molecule has 0 bridgehead atoms. The fourth-order valence-corrected chi connectivity index (χ4v) is 2.69. The Morgan fingerprint density at radius 2 is 1.80 bits per heavy atom. The summed E-state index contributed by atoms with van der Waals surface area (Å²) in [5, 5.41) is 10.4. The first kappa shape index (κ1) is 17.0. The maximum atomic E-state index is 14.5. The zero-order chi connectivity index (χ0) is 17.8. The van der Waals surface area contributed by atoms with Crippen molar-refractivity contribution in [2.24, 2.45) is 0 Å². The molecule has 0 fully saturated rings. The van der Waals surface area contributed by atoms with Crippen LogP contribution in [-0.2, 0) is 6.54 Å². The Kier molecular flexibility index (Phi) is 5.00. The third-order valence-electron chi connectivity index (χ3n) is 3.98. The van der Waals surface area contributed by atoms with Gasteiger partial charge in [-0.3, -0.25) is 0 Å². The maximum absolute atomic E-state index is 14.5. The quantitative estimate of drug-likeness (QED) is 0.745. The smallest absolute Gasteiger partial charge is 0.163 e. The van der Waals surface area contributed by atoms with Crippen molar-refractivity contribution in [1.82, 2.24) is 9.55 Å². The van der Waals surface area contributed by atoms with Gasteiger partial charge >= 0.3 is 0 Å². The number of aliphatic hydroxyl groups excluding tert-OH is 1. The van der Waals surface area contributed by atoms with Crippen LogP contribution < -0.4 is 9.47 Å². The van der Waals surface area contributed by atoms with Gasteiger partial charge in [-0.15, -0.1) is 0 Å². The SMILES string of the molecule is COc1cc(F)c(-c2nccn2CC(O)c2ccccc2)cc1OC. The van der Waals surface area contributed by atoms with Crippen molar-refractivity contribution < 1.29 is 19.0 Å². The Bertz CT molecular complexity index is 849. The lowest BCUT2D eigenvalue weighted by atomic mass is 10.1. The number of aromatic nitrogens is 2. The average molecular weight is 342 g/mol. The Hall–Kier alpha value is -2.86. The number of ether oxygens (including phenoxy) is 2. The van der Waals surface area contributed by atoms with E-state index in [-0.39, 0.29) is 12.1 Å². The molecule has 25 heavy (non-hydrogen) atoms. The molecule has 1 unspecified atom stereocenters.